The number of likely N-dealkylation sites (tertiary alicyclic amines) is 1. The highest BCUT2D eigenvalue weighted by atomic mass is 32.2. The molecule has 0 radical (unpaired) electrons. The molecule has 8 heteroatoms. The number of nitrogens with zero attached hydrogens (tertiary/aromatic N) is 2. The SMILES string of the molecule is CCOc1ccccc1NC(=O)N1CC(N2C(=O)CSC2=O)C1. The monoisotopic (exact) mass is 335 g/mol. The van der Waals surface area contributed by atoms with Gasteiger partial charge in [-0.15, -0.1) is 0 Å². The van der Waals surface area contributed by atoms with Crippen LogP contribution in [0.25, 0.3) is 0 Å². The summed E-state index contributed by atoms with van der Waals surface area (Å²) in [7, 11) is 0. The zero-order valence-corrected chi connectivity index (χ0v) is 13.5. The van der Waals surface area contributed by atoms with Crippen LogP contribution in [0.1, 0.15) is 6.92 Å². The number of ether oxygens (including phenoxy) is 1. The van der Waals surface area contributed by atoms with Gasteiger partial charge in [0.1, 0.15) is 5.75 Å². The number of amides is 4. The van der Waals surface area contributed by atoms with Crippen molar-refractivity contribution in [3.63, 3.8) is 0 Å². The summed E-state index contributed by atoms with van der Waals surface area (Å²) in [5.74, 6) is 0.636. The van der Waals surface area contributed by atoms with Gasteiger partial charge in [-0.2, -0.15) is 0 Å². The average Bonchev–Trinajstić information content (AvgIpc) is 2.80. The summed E-state index contributed by atoms with van der Waals surface area (Å²) in [5.41, 5.74) is 0.603. The van der Waals surface area contributed by atoms with Crippen molar-refractivity contribution in [1.29, 1.82) is 0 Å². The molecule has 122 valence electrons. The van der Waals surface area contributed by atoms with E-state index < -0.39 is 0 Å². The second-order valence-corrected chi connectivity index (χ2v) is 6.16. The molecule has 2 aliphatic rings. The van der Waals surface area contributed by atoms with Gasteiger partial charge >= 0.3 is 6.03 Å². The molecule has 1 N–H and O–H groups in total. The maximum absolute atomic E-state index is 12.2. The molecule has 0 bridgehead atoms. The van der Waals surface area contributed by atoms with E-state index >= 15 is 0 Å². The molecule has 2 heterocycles. The number of rotatable bonds is 4. The molecule has 0 saturated carbocycles. The van der Waals surface area contributed by atoms with E-state index in [1.54, 1.807) is 17.0 Å². The van der Waals surface area contributed by atoms with E-state index in [0.29, 0.717) is 31.1 Å². The lowest BCUT2D eigenvalue weighted by Gasteiger charge is -2.42. The molecule has 2 saturated heterocycles. The van der Waals surface area contributed by atoms with Gasteiger partial charge in [-0.05, 0) is 19.1 Å². The second-order valence-electron chi connectivity index (χ2n) is 5.24. The molecule has 7 nitrogen and oxygen atoms in total. The first kappa shape index (κ1) is 15.7. The van der Waals surface area contributed by atoms with Crippen molar-refractivity contribution in [3.05, 3.63) is 24.3 Å². The number of imide groups is 1. The first-order chi connectivity index (χ1) is 11.1. The third kappa shape index (κ3) is 3.12. The summed E-state index contributed by atoms with van der Waals surface area (Å²) < 4.78 is 5.47. The van der Waals surface area contributed by atoms with Crippen molar-refractivity contribution >= 4 is 34.6 Å². The number of para-hydroxylation sites is 2. The summed E-state index contributed by atoms with van der Waals surface area (Å²) in [6, 6.07) is 6.73. The van der Waals surface area contributed by atoms with E-state index in [4.69, 9.17) is 4.74 Å². The first-order valence-electron chi connectivity index (χ1n) is 7.36. The van der Waals surface area contributed by atoms with Gasteiger partial charge in [-0.25, -0.2) is 4.79 Å². The van der Waals surface area contributed by atoms with Crippen LogP contribution in [-0.4, -0.2) is 58.5 Å². The summed E-state index contributed by atoms with van der Waals surface area (Å²) in [6.45, 7) is 3.11. The highest BCUT2D eigenvalue weighted by Crippen LogP contribution is 2.28. The highest BCUT2D eigenvalue weighted by Gasteiger charge is 2.43. The van der Waals surface area contributed by atoms with Crippen LogP contribution in [0.2, 0.25) is 0 Å². The molecule has 0 atom stereocenters. The van der Waals surface area contributed by atoms with Gasteiger partial charge in [0.05, 0.1) is 24.1 Å². The van der Waals surface area contributed by atoms with Gasteiger partial charge in [-0.1, -0.05) is 23.9 Å². The average molecular weight is 335 g/mol. The third-order valence-corrected chi connectivity index (χ3v) is 4.56. The number of anilines is 1. The van der Waals surface area contributed by atoms with Gasteiger partial charge < -0.3 is 15.0 Å². The maximum Gasteiger partial charge on any atom is 0.322 e. The van der Waals surface area contributed by atoms with Gasteiger partial charge in [0, 0.05) is 13.1 Å². The standard InChI is InChI=1S/C15H17N3O4S/c1-2-22-12-6-4-3-5-11(12)16-14(20)17-7-10(8-17)18-13(19)9-23-15(18)21/h3-6,10H,2,7-9H2,1H3,(H,16,20). The Morgan fingerprint density at radius 2 is 2.09 bits per heavy atom. The molecule has 0 spiro atoms. The van der Waals surface area contributed by atoms with Crippen molar-refractivity contribution in [2.75, 3.05) is 30.8 Å². The summed E-state index contributed by atoms with van der Waals surface area (Å²) in [4.78, 5) is 38.4. The number of carbonyl (C=O) groups is 3. The number of hydrogen-bond donors (Lipinski definition) is 1. The van der Waals surface area contributed by atoms with E-state index in [0.717, 1.165) is 11.8 Å². The Labute approximate surface area is 137 Å². The highest BCUT2D eigenvalue weighted by molar-refractivity contribution is 8.14. The van der Waals surface area contributed by atoms with Crippen LogP contribution in [0.3, 0.4) is 0 Å². The van der Waals surface area contributed by atoms with E-state index in [9.17, 15) is 14.4 Å². The summed E-state index contributed by atoms with van der Waals surface area (Å²) in [6.07, 6.45) is 0. The Bertz CT molecular complexity index is 629. The Kier molecular flexibility index (Phi) is 4.42. The molecule has 23 heavy (non-hydrogen) atoms. The molecule has 3 rings (SSSR count). The van der Waals surface area contributed by atoms with Crippen LogP contribution in [-0.2, 0) is 4.79 Å². The van der Waals surface area contributed by atoms with Gasteiger partial charge in [0.15, 0.2) is 0 Å². The number of thioether (sulfide) groups is 1. The van der Waals surface area contributed by atoms with E-state index in [1.165, 1.54) is 4.90 Å². The number of nitrogens with one attached hydrogen (secondary N) is 1. The van der Waals surface area contributed by atoms with Gasteiger partial charge in [-0.3, -0.25) is 14.5 Å². The molecule has 4 amide bonds. The second kappa shape index (κ2) is 6.49. The number of carbonyl (C=O) groups excluding carboxylic acids is 3. The van der Waals surface area contributed by atoms with Crippen molar-refractivity contribution in [3.8, 4) is 5.75 Å². The predicted molar refractivity (Wildman–Crippen MR) is 86.7 cm³/mol. The summed E-state index contributed by atoms with van der Waals surface area (Å²) >= 11 is 1.01. The minimum atomic E-state index is -0.264. The Balaban J connectivity index is 1.57. The zero-order chi connectivity index (χ0) is 16.4. The maximum atomic E-state index is 12.2. The quantitative estimate of drug-likeness (QED) is 0.910. The van der Waals surface area contributed by atoms with Crippen molar-refractivity contribution in [1.82, 2.24) is 9.80 Å². The van der Waals surface area contributed by atoms with Crippen molar-refractivity contribution in [2.45, 2.75) is 13.0 Å². The lowest BCUT2D eigenvalue weighted by atomic mass is 10.1. The minimum absolute atomic E-state index is 0.174. The van der Waals surface area contributed by atoms with Gasteiger partial charge in [0.2, 0.25) is 5.91 Å². The van der Waals surface area contributed by atoms with Crippen LogP contribution < -0.4 is 10.1 Å². The largest absolute Gasteiger partial charge is 0.492 e. The van der Waals surface area contributed by atoms with E-state index in [2.05, 4.69) is 5.32 Å². The first-order valence-corrected chi connectivity index (χ1v) is 8.35. The topological polar surface area (TPSA) is 79.0 Å². The molecule has 1 aromatic carbocycles. The fraction of sp³-hybridized carbons (Fsp3) is 0.400. The molecule has 2 fully saturated rings. The Hall–Kier alpha value is -2.22. The van der Waals surface area contributed by atoms with E-state index in [-0.39, 0.29) is 29.0 Å². The fourth-order valence-electron chi connectivity index (χ4n) is 2.55. The van der Waals surface area contributed by atoms with Crippen molar-refractivity contribution in [2.24, 2.45) is 0 Å². The molecule has 0 aromatic heterocycles. The lowest BCUT2D eigenvalue weighted by molar-refractivity contribution is -0.128. The van der Waals surface area contributed by atoms with Crippen LogP contribution in [0.5, 0.6) is 5.75 Å². The predicted octanol–water partition coefficient (Wildman–Crippen LogP) is 2.00. The zero-order valence-electron chi connectivity index (χ0n) is 12.7. The number of urea groups is 1. The Morgan fingerprint density at radius 1 is 1.35 bits per heavy atom. The molecule has 0 unspecified atom stereocenters. The smallest absolute Gasteiger partial charge is 0.322 e. The number of benzene rings is 1. The molecule has 2 aliphatic heterocycles. The summed E-state index contributed by atoms with van der Waals surface area (Å²) in [5, 5.41) is 2.58. The molecule has 0 aliphatic carbocycles. The van der Waals surface area contributed by atoms with Crippen LogP contribution >= 0.6 is 11.8 Å². The molecule has 1 aromatic rings. The molecular weight excluding hydrogens is 318 g/mol. The van der Waals surface area contributed by atoms with Crippen LogP contribution in [0.4, 0.5) is 15.3 Å². The van der Waals surface area contributed by atoms with Crippen LogP contribution in [0.15, 0.2) is 24.3 Å². The lowest BCUT2D eigenvalue weighted by Crippen LogP contribution is -2.62. The molecular formula is C15H17N3O4S. The Morgan fingerprint density at radius 3 is 2.74 bits per heavy atom. The third-order valence-electron chi connectivity index (χ3n) is 3.73. The number of hydrogen-bond acceptors (Lipinski definition) is 5. The van der Waals surface area contributed by atoms with E-state index in [1.807, 2.05) is 19.1 Å². The van der Waals surface area contributed by atoms with Crippen LogP contribution in [0, 0.1) is 0 Å². The fourth-order valence-corrected chi connectivity index (χ4v) is 3.32. The normalized spacial score (nSPS) is 18.1. The van der Waals surface area contributed by atoms with Crippen molar-refractivity contribution < 1.29 is 19.1 Å². The van der Waals surface area contributed by atoms with Gasteiger partial charge in [0.25, 0.3) is 5.24 Å². The minimum Gasteiger partial charge on any atom is -0.492 e.